The third-order valence-corrected chi connectivity index (χ3v) is 2.74. The van der Waals surface area contributed by atoms with Crippen molar-refractivity contribution in [3.05, 3.63) is 48.6 Å². The second kappa shape index (κ2) is 7.00. The highest BCUT2D eigenvalue weighted by molar-refractivity contribution is 5.87. The van der Waals surface area contributed by atoms with Gasteiger partial charge in [0.2, 0.25) is 0 Å². The lowest BCUT2D eigenvalue weighted by atomic mass is 9.76. The van der Waals surface area contributed by atoms with Crippen LogP contribution in [0.1, 0.15) is 39.7 Å². The fourth-order valence-electron chi connectivity index (χ4n) is 1.56. The molecule has 1 heteroatoms. The topological polar surface area (TPSA) is 17.1 Å². The zero-order valence-corrected chi connectivity index (χ0v) is 10.8. The van der Waals surface area contributed by atoms with Gasteiger partial charge in [-0.2, -0.15) is 0 Å². The third kappa shape index (κ3) is 3.34. The zero-order valence-electron chi connectivity index (χ0n) is 10.8. The van der Waals surface area contributed by atoms with E-state index in [2.05, 4.69) is 6.58 Å². The summed E-state index contributed by atoms with van der Waals surface area (Å²) in [5, 5.41) is 0. The van der Waals surface area contributed by atoms with Crippen LogP contribution in [0.4, 0.5) is 0 Å². The van der Waals surface area contributed by atoms with Crippen LogP contribution in [-0.4, -0.2) is 5.78 Å². The summed E-state index contributed by atoms with van der Waals surface area (Å²) in [6, 6.07) is 9.85. The molecule has 0 fully saturated rings. The second-order valence-corrected chi connectivity index (χ2v) is 3.75. The van der Waals surface area contributed by atoms with E-state index in [-0.39, 0.29) is 5.78 Å². The summed E-state index contributed by atoms with van der Waals surface area (Å²) in [4.78, 5) is 11.6. The second-order valence-electron chi connectivity index (χ2n) is 3.75. The first-order valence-corrected chi connectivity index (χ1v) is 5.78. The molecule has 0 amide bonds. The Morgan fingerprint density at radius 1 is 1.31 bits per heavy atom. The molecule has 1 aromatic rings. The maximum atomic E-state index is 11.6. The summed E-state index contributed by atoms with van der Waals surface area (Å²) >= 11 is 0. The highest BCUT2D eigenvalue weighted by Crippen LogP contribution is 2.28. The van der Waals surface area contributed by atoms with E-state index in [4.69, 9.17) is 0 Å². The minimum atomic E-state index is -0.414. The van der Waals surface area contributed by atoms with Crippen LogP contribution in [0.5, 0.6) is 0 Å². The Hall–Kier alpha value is -1.37. The molecule has 0 aromatic heterocycles. The quantitative estimate of drug-likeness (QED) is 0.694. The maximum absolute atomic E-state index is 11.6. The number of hydrogen-bond acceptors (Lipinski definition) is 1. The number of carbonyl (C=O) groups excluding carboxylic acids is 1. The number of ketones is 1. The molecule has 0 radical (unpaired) electrons. The Kier molecular flexibility index (Phi) is 6.40. The number of carbonyl (C=O) groups is 1. The predicted octanol–water partition coefficient (Wildman–Crippen LogP) is 4.14. The van der Waals surface area contributed by atoms with Crippen LogP contribution in [-0.2, 0) is 10.2 Å². The molecule has 88 valence electrons. The highest BCUT2D eigenvalue weighted by atomic mass is 16.1. The van der Waals surface area contributed by atoms with E-state index in [1.165, 1.54) is 0 Å². The van der Waals surface area contributed by atoms with Crippen LogP contribution in [0.3, 0.4) is 0 Å². The van der Waals surface area contributed by atoms with Gasteiger partial charge in [-0.1, -0.05) is 50.3 Å². The Morgan fingerprint density at radius 2 is 1.81 bits per heavy atom. The van der Waals surface area contributed by atoms with Gasteiger partial charge in [0.15, 0.2) is 0 Å². The van der Waals surface area contributed by atoms with Gasteiger partial charge in [0.1, 0.15) is 5.78 Å². The molecule has 0 aliphatic heterocycles. The van der Waals surface area contributed by atoms with E-state index in [9.17, 15) is 4.79 Å². The van der Waals surface area contributed by atoms with Crippen molar-refractivity contribution in [1.29, 1.82) is 0 Å². The first-order chi connectivity index (χ1) is 7.61. The molecule has 0 saturated heterocycles. The molecule has 0 aliphatic rings. The van der Waals surface area contributed by atoms with Crippen LogP contribution in [0.25, 0.3) is 0 Å². The molecule has 0 heterocycles. The minimum absolute atomic E-state index is 0.184. The molecule has 1 atom stereocenters. The lowest BCUT2D eigenvalue weighted by molar-refractivity contribution is -0.121. The van der Waals surface area contributed by atoms with Crippen molar-refractivity contribution in [2.24, 2.45) is 0 Å². The first-order valence-electron chi connectivity index (χ1n) is 5.78. The minimum Gasteiger partial charge on any atom is -0.299 e. The molecule has 0 bridgehead atoms. The fraction of sp³-hybridized carbons (Fsp3) is 0.400. The van der Waals surface area contributed by atoms with Crippen molar-refractivity contribution in [2.45, 2.75) is 39.5 Å². The van der Waals surface area contributed by atoms with Crippen LogP contribution < -0.4 is 0 Å². The van der Waals surface area contributed by atoms with Crippen molar-refractivity contribution in [3.8, 4) is 0 Å². The summed E-state index contributed by atoms with van der Waals surface area (Å²) in [5.41, 5.74) is 0.649. The number of Topliss-reactive ketones (excluding diaryl/α,β-unsaturated/α-hetero) is 1. The van der Waals surface area contributed by atoms with Crippen LogP contribution in [0.2, 0.25) is 0 Å². The molecular weight excluding hydrogens is 196 g/mol. The third-order valence-electron chi connectivity index (χ3n) is 2.74. The van der Waals surface area contributed by atoms with E-state index >= 15 is 0 Å². The number of benzene rings is 1. The van der Waals surface area contributed by atoms with E-state index < -0.39 is 5.41 Å². The maximum Gasteiger partial charge on any atom is 0.140 e. The van der Waals surface area contributed by atoms with Gasteiger partial charge < -0.3 is 0 Å². The number of hydrogen-bond donors (Lipinski definition) is 0. The molecular formula is C15H22O. The molecule has 0 spiro atoms. The molecule has 0 saturated carbocycles. The van der Waals surface area contributed by atoms with Gasteiger partial charge in [0.05, 0.1) is 5.41 Å². The average Bonchev–Trinajstić information content (AvgIpc) is 2.33. The Bertz CT molecular complexity index is 327. The average molecular weight is 218 g/mol. The lowest BCUT2D eigenvalue weighted by Crippen LogP contribution is -2.29. The standard InChI is InChI=1S/C13H16O.C2H6/c1-4-10-13(3,11(2)14)12-8-6-5-7-9-12;1-2/h4-9H,1,10H2,2-3H3;1-2H3. The predicted molar refractivity (Wildman–Crippen MR) is 70.6 cm³/mol. The Balaban J connectivity index is 0.00000106. The highest BCUT2D eigenvalue weighted by Gasteiger charge is 2.29. The van der Waals surface area contributed by atoms with E-state index in [1.54, 1.807) is 13.0 Å². The fourth-order valence-corrected chi connectivity index (χ4v) is 1.56. The van der Waals surface area contributed by atoms with Crippen LogP contribution in [0.15, 0.2) is 43.0 Å². The van der Waals surface area contributed by atoms with Gasteiger partial charge in [-0.15, -0.1) is 6.58 Å². The van der Waals surface area contributed by atoms with Gasteiger partial charge in [-0.3, -0.25) is 4.79 Å². The molecule has 1 aromatic carbocycles. The van der Waals surface area contributed by atoms with E-state index in [0.717, 1.165) is 5.56 Å². The Morgan fingerprint density at radius 3 is 2.19 bits per heavy atom. The number of rotatable bonds is 4. The smallest absolute Gasteiger partial charge is 0.140 e. The SMILES string of the molecule is C=CCC(C)(C(C)=O)c1ccccc1.CC. The van der Waals surface area contributed by atoms with Gasteiger partial charge in [0, 0.05) is 0 Å². The van der Waals surface area contributed by atoms with E-state index in [1.807, 2.05) is 51.1 Å². The van der Waals surface area contributed by atoms with Gasteiger partial charge >= 0.3 is 0 Å². The first kappa shape index (κ1) is 14.6. The summed E-state index contributed by atoms with van der Waals surface area (Å²) in [6.45, 7) is 11.3. The van der Waals surface area contributed by atoms with Crippen molar-refractivity contribution in [2.75, 3.05) is 0 Å². The molecule has 1 nitrogen and oxygen atoms in total. The van der Waals surface area contributed by atoms with Crippen molar-refractivity contribution in [3.63, 3.8) is 0 Å². The van der Waals surface area contributed by atoms with Gasteiger partial charge in [0.25, 0.3) is 0 Å². The summed E-state index contributed by atoms with van der Waals surface area (Å²) < 4.78 is 0. The molecule has 0 aliphatic carbocycles. The van der Waals surface area contributed by atoms with Crippen molar-refractivity contribution >= 4 is 5.78 Å². The normalized spacial score (nSPS) is 13.0. The molecule has 1 unspecified atom stereocenters. The number of allylic oxidation sites excluding steroid dienone is 1. The summed E-state index contributed by atoms with van der Waals surface area (Å²) in [6.07, 6.45) is 2.49. The molecule has 1 rings (SSSR count). The van der Waals surface area contributed by atoms with Crippen LogP contribution in [0, 0.1) is 0 Å². The van der Waals surface area contributed by atoms with E-state index in [0.29, 0.717) is 6.42 Å². The summed E-state index contributed by atoms with van der Waals surface area (Å²) in [7, 11) is 0. The Labute approximate surface area is 99.2 Å². The zero-order chi connectivity index (χ0) is 12.6. The summed E-state index contributed by atoms with van der Waals surface area (Å²) in [5.74, 6) is 0.184. The lowest BCUT2D eigenvalue weighted by Gasteiger charge is -2.25. The van der Waals surface area contributed by atoms with Gasteiger partial charge in [-0.05, 0) is 25.8 Å². The van der Waals surface area contributed by atoms with Crippen molar-refractivity contribution in [1.82, 2.24) is 0 Å². The van der Waals surface area contributed by atoms with Crippen molar-refractivity contribution < 1.29 is 4.79 Å². The molecule has 0 N–H and O–H groups in total. The largest absolute Gasteiger partial charge is 0.299 e. The monoisotopic (exact) mass is 218 g/mol. The van der Waals surface area contributed by atoms with Gasteiger partial charge in [-0.25, -0.2) is 0 Å². The van der Waals surface area contributed by atoms with Crippen LogP contribution >= 0.6 is 0 Å². The molecule has 16 heavy (non-hydrogen) atoms.